The number of nitrogens with zero attached hydrogens (tertiary/aromatic N) is 2. The number of nitrogens with two attached hydrogens (primary N) is 1. The third-order valence-corrected chi connectivity index (χ3v) is 6.35. The van der Waals surface area contributed by atoms with Gasteiger partial charge >= 0.3 is 0 Å². The van der Waals surface area contributed by atoms with E-state index in [0.717, 1.165) is 16.2 Å². The summed E-state index contributed by atoms with van der Waals surface area (Å²) in [6.45, 7) is 0.207. The van der Waals surface area contributed by atoms with E-state index in [4.69, 9.17) is 26.2 Å². The van der Waals surface area contributed by atoms with E-state index in [9.17, 15) is 8.42 Å². The first-order valence-corrected chi connectivity index (χ1v) is 10.5. The summed E-state index contributed by atoms with van der Waals surface area (Å²) < 4.78 is 36.0. The van der Waals surface area contributed by atoms with Crippen molar-refractivity contribution in [2.75, 3.05) is 6.79 Å². The number of benzene rings is 2. The summed E-state index contributed by atoms with van der Waals surface area (Å²) in [6, 6.07) is 10.2. The van der Waals surface area contributed by atoms with Gasteiger partial charge in [0, 0.05) is 24.1 Å². The van der Waals surface area contributed by atoms with Gasteiger partial charge in [0.1, 0.15) is 4.90 Å². The summed E-state index contributed by atoms with van der Waals surface area (Å²) in [7, 11) is -2.06. The quantitative estimate of drug-likeness (QED) is 0.589. The molecule has 0 fully saturated rings. The lowest BCUT2D eigenvalue weighted by Crippen LogP contribution is -2.13. The van der Waals surface area contributed by atoms with Crippen LogP contribution in [-0.2, 0) is 17.1 Å². The van der Waals surface area contributed by atoms with Gasteiger partial charge in [-0.05, 0) is 24.3 Å². The lowest BCUT2D eigenvalue weighted by atomic mass is 10.2. The number of primary sulfonamides is 1. The fourth-order valence-corrected chi connectivity index (χ4v) is 4.68. The molecule has 0 unspecified atom stereocenters. The molecule has 1 aliphatic rings. The zero-order valence-corrected chi connectivity index (χ0v) is 18.6. The molecule has 0 bridgehead atoms. The highest BCUT2D eigenvalue weighted by molar-refractivity contribution is 8.93. The summed E-state index contributed by atoms with van der Waals surface area (Å²) >= 11 is 7.39. The molecule has 2 heterocycles. The van der Waals surface area contributed by atoms with Crippen molar-refractivity contribution >= 4 is 55.6 Å². The molecular weight excluding hydrogens is 490 g/mol. The van der Waals surface area contributed by atoms with E-state index >= 15 is 0 Å². The number of sulfonamides is 1. The zero-order valence-electron chi connectivity index (χ0n) is 14.5. The summed E-state index contributed by atoms with van der Waals surface area (Å²) in [5.41, 5.74) is 2.19. The Kier molecular flexibility index (Phi) is 5.87. The van der Waals surface area contributed by atoms with E-state index in [1.54, 1.807) is 6.07 Å². The Morgan fingerprint density at radius 2 is 1.93 bits per heavy atom. The van der Waals surface area contributed by atoms with Gasteiger partial charge in [0.15, 0.2) is 16.3 Å². The first-order chi connectivity index (χ1) is 12.8. The molecule has 2 N–H and O–H groups in total. The summed E-state index contributed by atoms with van der Waals surface area (Å²) in [5.74, 6) is 1.35. The molecule has 0 radical (unpaired) electrons. The van der Waals surface area contributed by atoms with Crippen LogP contribution in [0.2, 0.25) is 5.02 Å². The van der Waals surface area contributed by atoms with Crippen molar-refractivity contribution in [1.82, 2.24) is 4.57 Å². The Morgan fingerprint density at radius 1 is 1.18 bits per heavy atom. The van der Waals surface area contributed by atoms with Gasteiger partial charge < -0.3 is 14.0 Å². The first kappa shape index (κ1) is 20.9. The van der Waals surface area contributed by atoms with Gasteiger partial charge in [0.05, 0.1) is 16.4 Å². The highest BCUT2D eigenvalue weighted by Crippen LogP contribution is 2.35. The van der Waals surface area contributed by atoms with Crippen molar-refractivity contribution < 1.29 is 17.9 Å². The van der Waals surface area contributed by atoms with Crippen molar-refractivity contribution in [2.45, 2.75) is 4.90 Å². The van der Waals surface area contributed by atoms with E-state index in [0.29, 0.717) is 17.1 Å². The third-order valence-electron chi connectivity index (χ3n) is 4.04. The molecule has 0 saturated heterocycles. The molecule has 11 heteroatoms. The Balaban J connectivity index is 0.00000225. The van der Waals surface area contributed by atoms with Gasteiger partial charge in [-0.3, -0.25) is 0 Å². The Morgan fingerprint density at radius 3 is 2.68 bits per heavy atom. The second-order valence-electron chi connectivity index (χ2n) is 5.80. The van der Waals surface area contributed by atoms with E-state index in [2.05, 4.69) is 4.99 Å². The minimum Gasteiger partial charge on any atom is -0.454 e. The molecular formula is C17H15BrClN3O4S2. The second-order valence-corrected chi connectivity index (χ2v) is 8.58. The number of thiazole rings is 1. The van der Waals surface area contributed by atoms with Crippen LogP contribution in [0.3, 0.4) is 0 Å². The van der Waals surface area contributed by atoms with Gasteiger partial charge in [-0.2, -0.15) is 0 Å². The minimum atomic E-state index is -3.91. The zero-order chi connectivity index (χ0) is 19.2. The maximum atomic E-state index is 11.7. The first-order valence-electron chi connectivity index (χ1n) is 7.74. The maximum Gasteiger partial charge on any atom is 0.239 e. The standard InChI is InChI=1S/C17H14ClN3O4S2.BrH/c1-21-13(10-2-4-12(18)16(6-10)27(19,22)23)8-26-17(21)20-11-3-5-14-15(7-11)25-9-24-14;/h2-8H,9H2,1H3,(H2,19,22,23);1H/b20-17-;. The number of fused-ring (bicyclic) bond motifs is 1. The van der Waals surface area contributed by atoms with E-state index < -0.39 is 10.0 Å². The number of rotatable bonds is 3. The largest absolute Gasteiger partial charge is 0.454 e. The number of ether oxygens (including phenoxy) is 2. The van der Waals surface area contributed by atoms with Crippen LogP contribution in [0.25, 0.3) is 11.3 Å². The molecule has 2 aromatic carbocycles. The van der Waals surface area contributed by atoms with E-state index in [-0.39, 0.29) is 33.7 Å². The lowest BCUT2D eigenvalue weighted by molar-refractivity contribution is 0.174. The predicted molar refractivity (Wildman–Crippen MR) is 113 cm³/mol. The van der Waals surface area contributed by atoms with E-state index in [1.165, 1.54) is 23.5 Å². The smallest absolute Gasteiger partial charge is 0.239 e. The fourth-order valence-electron chi connectivity index (χ4n) is 2.68. The molecule has 148 valence electrons. The van der Waals surface area contributed by atoms with Gasteiger partial charge in [0.25, 0.3) is 0 Å². The van der Waals surface area contributed by atoms with Crippen LogP contribution < -0.4 is 19.4 Å². The van der Waals surface area contributed by atoms with Crippen molar-refractivity contribution in [3.05, 3.63) is 51.6 Å². The van der Waals surface area contributed by atoms with Crippen LogP contribution in [0.1, 0.15) is 0 Å². The number of hydrogen-bond donors (Lipinski definition) is 1. The average molecular weight is 505 g/mol. The van der Waals surface area contributed by atoms with Gasteiger partial charge in [-0.25, -0.2) is 18.5 Å². The van der Waals surface area contributed by atoms with Gasteiger partial charge in [-0.1, -0.05) is 17.7 Å². The number of aromatic nitrogens is 1. The van der Waals surface area contributed by atoms with Crippen LogP contribution >= 0.6 is 39.9 Å². The summed E-state index contributed by atoms with van der Waals surface area (Å²) in [6.07, 6.45) is 0. The molecule has 0 amide bonds. The normalized spacial score (nSPS) is 13.5. The highest BCUT2D eigenvalue weighted by atomic mass is 79.9. The van der Waals surface area contributed by atoms with Gasteiger partial charge in [0.2, 0.25) is 16.8 Å². The summed E-state index contributed by atoms with van der Waals surface area (Å²) in [5, 5.41) is 7.22. The van der Waals surface area contributed by atoms with Crippen LogP contribution in [0.15, 0.2) is 51.7 Å². The molecule has 0 saturated carbocycles. The summed E-state index contributed by atoms with van der Waals surface area (Å²) in [4.78, 5) is 5.25. The highest BCUT2D eigenvalue weighted by Gasteiger charge is 2.16. The van der Waals surface area contributed by atoms with Crippen molar-refractivity contribution in [3.8, 4) is 22.8 Å². The molecule has 0 aliphatic carbocycles. The van der Waals surface area contributed by atoms with Crippen LogP contribution in [0.4, 0.5) is 5.69 Å². The second kappa shape index (κ2) is 7.88. The van der Waals surface area contributed by atoms with Crippen molar-refractivity contribution in [3.63, 3.8) is 0 Å². The predicted octanol–water partition coefficient (Wildman–Crippen LogP) is 3.59. The van der Waals surface area contributed by atoms with Crippen LogP contribution in [-0.4, -0.2) is 19.8 Å². The van der Waals surface area contributed by atoms with Crippen molar-refractivity contribution in [1.29, 1.82) is 0 Å². The maximum absolute atomic E-state index is 11.7. The minimum absolute atomic E-state index is 0. The molecule has 0 atom stereocenters. The third kappa shape index (κ3) is 3.96. The lowest BCUT2D eigenvalue weighted by Gasteiger charge is -2.07. The Hall–Kier alpha value is -1.85. The molecule has 1 aliphatic heterocycles. The topological polar surface area (TPSA) is 95.9 Å². The number of hydrogen-bond acceptors (Lipinski definition) is 6. The number of halogens is 2. The Labute approximate surface area is 180 Å². The molecule has 4 rings (SSSR count). The van der Waals surface area contributed by atoms with Crippen LogP contribution in [0.5, 0.6) is 11.5 Å². The molecule has 3 aromatic rings. The molecule has 7 nitrogen and oxygen atoms in total. The molecule has 0 spiro atoms. The van der Waals surface area contributed by atoms with Gasteiger partial charge in [-0.15, -0.1) is 28.3 Å². The average Bonchev–Trinajstić information content (AvgIpc) is 3.21. The monoisotopic (exact) mass is 503 g/mol. The van der Waals surface area contributed by atoms with Crippen LogP contribution in [0, 0.1) is 0 Å². The Bertz CT molecular complexity index is 1220. The fraction of sp³-hybridized carbons (Fsp3) is 0.118. The molecule has 1 aromatic heterocycles. The van der Waals surface area contributed by atoms with E-state index in [1.807, 2.05) is 35.2 Å². The molecule has 28 heavy (non-hydrogen) atoms. The SMILES string of the molecule is Br.Cn1c(-c2ccc(Cl)c(S(N)(=O)=O)c2)cs/c1=N\c1ccc2c(c1)OCO2. The van der Waals surface area contributed by atoms with Crippen molar-refractivity contribution in [2.24, 2.45) is 17.2 Å².